The number of hydrogen-bond donors (Lipinski definition) is 0. The van der Waals surface area contributed by atoms with Crippen LogP contribution < -0.4 is 0 Å². The molecule has 0 aromatic carbocycles. The topological polar surface area (TPSA) is 9.23 Å². The summed E-state index contributed by atoms with van der Waals surface area (Å²) in [4.78, 5) is 0. The molecule has 4 unspecified atom stereocenters. The van der Waals surface area contributed by atoms with E-state index in [0.29, 0.717) is 11.5 Å². The lowest BCUT2D eigenvalue weighted by atomic mass is 9.65. The Hall–Kier alpha value is -0.300. The van der Waals surface area contributed by atoms with Crippen molar-refractivity contribution in [2.24, 2.45) is 23.2 Å². The number of rotatable bonds is 1. The van der Waals surface area contributed by atoms with Crippen molar-refractivity contribution in [3.05, 3.63) is 12.2 Å². The average Bonchev–Trinajstić information content (AvgIpc) is 2.75. The summed E-state index contributed by atoms with van der Waals surface area (Å²) in [5, 5.41) is 0. The maximum absolute atomic E-state index is 6.06. The monoisotopic (exact) mass is 220 g/mol. The van der Waals surface area contributed by atoms with Crippen molar-refractivity contribution >= 4 is 0 Å². The van der Waals surface area contributed by atoms with Gasteiger partial charge in [0.25, 0.3) is 0 Å². The molecular weight excluding hydrogens is 196 g/mol. The quantitative estimate of drug-likeness (QED) is 0.611. The average molecular weight is 220 g/mol. The van der Waals surface area contributed by atoms with Crippen LogP contribution in [0.15, 0.2) is 12.2 Å². The maximum atomic E-state index is 6.06. The molecule has 90 valence electrons. The smallest absolute Gasteiger partial charge is 0.0648 e. The lowest BCUT2D eigenvalue weighted by Gasteiger charge is -2.44. The molecule has 0 aromatic heterocycles. The first kappa shape index (κ1) is 10.8. The van der Waals surface area contributed by atoms with E-state index < -0.39 is 0 Å². The summed E-state index contributed by atoms with van der Waals surface area (Å²) in [5.74, 6) is 2.69. The third kappa shape index (κ3) is 1.48. The summed E-state index contributed by atoms with van der Waals surface area (Å²) in [6.45, 7) is 10.0. The predicted octanol–water partition coefficient (Wildman–Crippen LogP) is 3.79. The first-order chi connectivity index (χ1) is 7.59. The molecule has 2 aliphatic carbocycles. The van der Waals surface area contributed by atoms with Crippen LogP contribution in [-0.4, -0.2) is 12.7 Å². The van der Waals surface area contributed by atoms with Crippen molar-refractivity contribution < 1.29 is 4.74 Å². The van der Waals surface area contributed by atoms with Gasteiger partial charge in [0.15, 0.2) is 0 Å². The second kappa shape index (κ2) is 3.60. The molecule has 0 spiro atoms. The fourth-order valence-corrected chi connectivity index (χ4v) is 4.71. The zero-order valence-electron chi connectivity index (χ0n) is 10.7. The van der Waals surface area contributed by atoms with Crippen molar-refractivity contribution in [2.45, 2.75) is 52.1 Å². The van der Waals surface area contributed by atoms with Gasteiger partial charge in [0.1, 0.15) is 0 Å². The molecule has 2 bridgehead atoms. The molecule has 16 heavy (non-hydrogen) atoms. The van der Waals surface area contributed by atoms with Crippen LogP contribution >= 0.6 is 0 Å². The van der Waals surface area contributed by atoms with Gasteiger partial charge in [0.05, 0.1) is 12.7 Å². The van der Waals surface area contributed by atoms with Gasteiger partial charge >= 0.3 is 0 Å². The Bertz CT molecular complexity index is 305. The molecule has 0 radical (unpaired) electrons. The molecule has 0 N–H and O–H groups in total. The van der Waals surface area contributed by atoms with Crippen molar-refractivity contribution in [1.29, 1.82) is 0 Å². The molecule has 4 atom stereocenters. The highest BCUT2D eigenvalue weighted by Crippen LogP contribution is 2.61. The fourth-order valence-electron chi connectivity index (χ4n) is 4.71. The summed E-state index contributed by atoms with van der Waals surface area (Å²) in [7, 11) is 0. The SMILES string of the molecule is C=C1CCOC(C2C3CCC(C3)C2(C)C)C1. The highest BCUT2D eigenvalue weighted by molar-refractivity contribution is 5.09. The molecule has 1 aliphatic heterocycles. The van der Waals surface area contributed by atoms with Crippen LogP contribution in [0, 0.1) is 23.2 Å². The van der Waals surface area contributed by atoms with Gasteiger partial charge in [0, 0.05) is 0 Å². The summed E-state index contributed by atoms with van der Waals surface area (Å²) in [6.07, 6.45) is 7.05. The van der Waals surface area contributed by atoms with Crippen molar-refractivity contribution in [2.75, 3.05) is 6.61 Å². The van der Waals surface area contributed by atoms with Gasteiger partial charge in [0.2, 0.25) is 0 Å². The van der Waals surface area contributed by atoms with E-state index in [1.54, 1.807) is 0 Å². The summed E-state index contributed by atoms with van der Waals surface area (Å²) in [6, 6.07) is 0. The van der Waals surface area contributed by atoms with Crippen LogP contribution in [0.5, 0.6) is 0 Å². The van der Waals surface area contributed by atoms with Gasteiger partial charge in [-0.05, 0) is 55.3 Å². The molecule has 2 saturated carbocycles. The molecule has 0 amide bonds. The number of fused-ring (bicyclic) bond motifs is 2. The minimum absolute atomic E-state index is 0.478. The van der Waals surface area contributed by atoms with Gasteiger partial charge in [-0.15, -0.1) is 0 Å². The second-order valence-corrected chi connectivity index (χ2v) is 6.73. The molecular formula is C15H24O. The molecule has 3 aliphatic rings. The Kier molecular flexibility index (Phi) is 2.43. The van der Waals surface area contributed by atoms with Crippen LogP contribution in [0.3, 0.4) is 0 Å². The number of ether oxygens (including phenoxy) is 1. The van der Waals surface area contributed by atoms with E-state index >= 15 is 0 Å². The van der Waals surface area contributed by atoms with Crippen molar-refractivity contribution in [3.8, 4) is 0 Å². The minimum atomic E-state index is 0.478. The first-order valence-corrected chi connectivity index (χ1v) is 6.87. The van der Waals surface area contributed by atoms with E-state index in [9.17, 15) is 0 Å². The van der Waals surface area contributed by atoms with Crippen LogP contribution in [-0.2, 0) is 4.74 Å². The Morgan fingerprint density at radius 1 is 1.31 bits per heavy atom. The highest BCUT2D eigenvalue weighted by Gasteiger charge is 2.55. The van der Waals surface area contributed by atoms with Gasteiger partial charge in [-0.25, -0.2) is 0 Å². The van der Waals surface area contributed by atoms with E-state index in [-0.39, 0.29) is 0 Å². The largest absolute Gasteiger partial charge is 0.377 e. The standard InChI is InChI=1S/C15H24O/c1-10-6-7-16-13(8-10)14-11-4-5-12(9-11)15(14,2)3/h11-14H,1,4-9H2,2-3H3. The van der Waals surface area contributed by atoms with E-state index in [1.807, 2.05) is 0 Å². The van der Waals surface area contributed by atoms with E-state index in [1.165, 1.54) is 24.8 Å². The zero-order chi connectivity index (χ0) is 11.3. The Labute approximate surface area is 99.3 Å². The van der Waals surface area contributed by atoms with E-state index in [2.05, 4.69) is 20.4 Å². The van der Waals surface area contributed by atoms with Crippen LogP contribution in [0.2, 0.25) is 0 Å². The lowest BCUT2D eigenvalue weighted by Crippen LogP contribution is -2.41. The molecule has 1 nitrogen and oxygen atoms in total. The fraction of sp³-hybridized carbons (Fsp3) is 0.867. The predicted molar refractivity (Wildman–Crippen MR) is 66.2 cm³/mol. The number of hydrogen-bond acceptors (Lipinski definition) is 1. The van der Waals surface area contributed by atoms with E-state index in [4.69, 9.17) is 4.74 Å². The summed E-state index contributed by atoms with van der Waals surface area (Å²) >= 11 is 0. The van der Waals surface area contributed by atoms with E-state index in [0.717, 1.165) is 37.2 Å². The highest BCUT2D eigenvalue weighted by atomic mass is 16.5. The van der Waals surface area contributed by atoms with Gasteiger partial charge in [-0.3, -0.25) is 0 Å². The minimum Gasteiger partial charge on any atom is -0.377 e. The molecule has 3 rings (SSSR count). The van der Waals surface area contributed by atoms with Crippen molar-refractivity contribution in [3.63, 3.8) is 0 Å². The van der Waals surface area contributed by atoms with Crippen LogP contribution in [0.1, 0.15) is 46.0 Å². The first-order valence-electron chi connectivity index (χ1n) is 6.87. The normalized spacial score (nSPS) is 46.2. The van der Waals surface area contributed by atoms with Crippen LogP contribution in [0.25, 0.3) is 0 Å². The van der Waals surface area contributed by atoms with Gasteiger partial charge in [-0.1, -0.05) is 26.0 Å². The second-order valence-electron chi connectivity index (χ2n) is 6.73. The molecule has 1 heteroatoms. The summed E-state index contributed by atoms with van der Waals surface area (Å²) in [5.41, 5.74) is 1.92. The van der Waals surface area contributed by atoms with Gasteiger partial charge < -0.3 is 4.74 Å². The Balaban J connectivity index is 1.81. The summed E-state index contributed by atoms with van der Waals surface area (Å²) < 4.78 is 6.06. The van der Waals surface area contributed by atoms with Gasteiger partial charge in [-0.2, -0.15) is 0 Å². The third-order valence-corrected chi connectivity index (χ3v) is 5.57. The van der Waals surface area contributed by atoms with Crippen LogP contribution in [0.4, 0.5) is 0 Å². The zero-order valence-corrected chi connectivity index (χ0v) is 10.7. The molecule has 1 heterocycles. The third-order valence-electron chi connectivity index (χ3n) is 5.57. The molecule has 0 aromatic rings. The molecule has 3 fully saturated rings. The lowest BCUT2D eigenvalue weighted by molar-refractivity contribution is -0.0621. The maximum Gasteiger partial charge on any atom is 0.0648 e. The Morgan fingerprint density at radius 2 is 2.12 bits per heavy atom. The molecule has 1 saturated heterocycles. The van der Waals surface area contributed by atoms with Crippen molar-refractivity contribution in [1.82, 2.24) is 0 Å². The Morgan fingerprint density at radius 3 is 2.75 bits per heavy atom.